The first-order valence-electron chi connectivity index (χ1n) is 3.14. The number of phenolic OH excluding ortho intramolecular Hbond substituents is 1. The van der Waals surface area contributed by atoms with Crippen LogP contribution in [0.2, 0.25) is 0 Å². The van der Waals surface area contributed by atoms with Crippen molar-refractivity contribution < 1.29 is 15.0 Å². The third-order valence-corrected chi connectivity index (χ3v) is 1.49. The Morgan fingerprint density at radius 2 is 1.83 bits per heavy atom. The van der Waals surface area contributed by atoms with Gasteiger partial charge in [-0.05, 0) is 12.1 Å². The number of hydrogen-bond donors (Lipinski definition) is 4. The van der Waals surface area contributed by atoms with Gasteiger partial charge in [0.15, 0.2) is 0 Å². The second kappa shape index (κ2) is 2.61. The van der Waals surface area contributed by atoms with Crippen LogP contribution in [0.15, 0.2) is 12.1 Å². The molecule has 1 aromatic rings. The molecule has 0 radical (unpaired) electrons. The number of anilines is 2. The number of rotatable bonds is 1. The summed E-state index contributed by atoms with van der Waals surface area (Å²) in [7, 11) is 0. The highest BCUT2D eigenvalue weighted by Crippen LogP contribution is 2.28. The molecule has 0 aromatic heterocycles. The van der Waals surface area contributed by atoms with Gasteiger partial charge in [0.25, 0.3) is 0 Å². The molecular formula is C7H8N2O3. The maximum Gasteiger partial charge on any atom is 0.337 e. The number of carboxylic acid groups (broad SMARTS) is 1. The van der Waals surface area contributed by atoms with Crippen LogP contribution in [-0.2, 0) is 0 Å². The molecule has 1 aromatic carbocycles. The topological polar surface area (TPSA) is 110 Å². The van der Waals surface area contributed by atoms with Gasteiger partial charge in [0.2, 0.25) is 0 Å². The molecule has 0 aliphatic heterocycles. The molecule has 0 unspecified atom stereocenters. The van der Waals surface area contributed by atoms with Crippen LogP contribution in [0.25, 0.3) is 0 Å². The molecule has 5 nitrogen and oxygen atoms in total. The van der Waals surface area contributed by atoms with Gasteiger partial charge in [-0.15, -0.1) is 0 Å². The van der Waals surface area contributed by atoms with Crippen molar-refractivity contribution in [2.45, 2.75) is 0 Å². The van der Waals surface area contributed by atoms with E-state index in [0.717, 1.165) is 0 Å². The SMILES string of the molecule is Nc1c(O)ccc(C(=O)O)c1N. The molecule has 1 rings (SSSR count). The van der Waals surface area contributed by atoms with E-state index in [1.54, 1.807) is 0 Å². The zero-order chi connectivity index (χ0) is 9.30. The Hall–Kier alpha value is -1.91. The van der Waals surface area contributed by atoms with Crippen molar-refractivity contribution in [1.29, 1.82) is 0 Å². The molecule has 0 bridgehead atoms. The Balaban J connectivity index is 3.36. The van der Waals surface area contributed by atoms with Gasteiger partial charge in [0.05, 0.1) is 16.9 Å². The van der Waals surface area contributed by atoms with Gasteiger partial charge in [-0.2, -0.15) is 0 Å². The maximum atomic E-state index is 10.5. The number of aromatic carboxylic acids is 1. The van der Waals surface area contributed by atoms with E-state index in [0.29, 0.717) is 0 Å². The number of aromatic hydroxyl groups is 1. The van der Waals surface area contributed by atoms with Crippen LogP contribution >= 0.6 is 0 Å². The normalized spacial score (nSPS) is 9.67. The highest BCUT2D eigenvalue weighted by atomic mass is 16.4. The van der Waals surface area contributed by atoms with Gasteiger partial charge >= 0.3 is 5.97 Å². The van der Waals surface area contributed by atoms with Gasteiger partial charge in [-0.3, -0.25) is 0 Å². The maximum absolute atomic E-state index is 10.5. The fourth-order valence-electron chi connectivity index (χ4n) is 0.811. The lowest BCUT2D eigenvalue weighted by atomic mass is 10.1. The van der Waals surface area contributed by atoms with E-state index < -0.39 is 5.97 Å². The number of carbonyl (C=O) groups is 1. The average molecular weight is 168 g/mol. The minimum Gasteiger partial charge on any atom is -0.506 e. The Kier molecular flexibility index (Phi) is 1.78. The summed E-state index contributed by atoms with van der Waals surface area (Å²) >= 11 is 0. The Morgan fingerprint density at radius 3 is 2.33 bits per heavy atom. The average Bonchev–Trinajstić information content (AvgIpc) is 2.00. The number of carboxylic acids is 1. The van der Waals surface area contributed by atoms with E-state index in [4.69, 9.17) is 21.7 Å². The lowest BCUT2D eigenvalue weighted by molar-refractivity contribution is 0.0698. The summed E-state index contributed by atoms with van der Waals surface area (Å²) in [5.41, 5.74) is 10.3. The molecule has 12 heavy (non-hydrogen) atoms. The quantitative estimate of drug-likeness (QED) is 0.355. The van der Waals surface area contributed by atoms with Crippen molar-refractivity contribution in [3.05, 3.63) is 17.7 Å². The molecule has 5 heteroatoms. The molecule has 0 aliphatic rings. The third kappa shape index (κ3) is 1.12. The van der Waals surface area contributed by atoms with Crippen molar-refractivity contribution in [2.24, 2.45) is 0 Å². The monoisotopic (exact) mass is 168 g/mol. The van der Waals surface area contributed by atoms with E-state index in [1.807, 2.05) is 0 Å². The number of benzene rings is 1. The molecule has 0 heterocycles. The zero-order valence-electron chi connectivity index (χ0n) is 6.11. The molecule has 0 aliphatic carbocycles. The van der Waals surface area contributed by atoms with Crippen molar-refractivity contribution in [1.82, 2.24) is 0 Å². The number of hydrogen-bond acceptors (Lipinski definition) is 4. The van der Waals surface area contributed by atoms with Gasteiger partial charge in [0, 0.05) is 0 Å². The summed E-state index contributed by atoms with van der Waals surface area (Å²) in [6, 6.07) is 2.39. The summed E-state index contributed by atoms with van der Waals surface area (Å²) < 4.78 is 0. The van der Waals surface area contributed by atoms with Crippen LogP contribution < -0.4 is 11.5 Å². The second-order valence-electron chi connectivity index (χ2n) is 2.26. The largest absolute Gasteiger partial charge is 0.506 e. The fraction of sp³-hybridized carbons (Fsp3) is 0. The van der Waals surface area contributed by atoms with Crippen LogP contribution in [0.3, 0.4) is 0 Å². The molecule has 0 atom stereocenters. The lowest BCUT2D eigenvalue weighted by Crippen LogP contribution is -2.05. The third-order valence-electron chi connectivity index (χ3n) is 1.49. The van der Waals surface area contributed by atoms with Crippen LogP contribution in [0.4, 0.5) is 11.4 Å². The van der Waals surface area contributed by atoms with Gasteiger partial charge in [0.1, 0.15) is 5.75 Å². The molecule has 0 amide bonds. The van der Waals surface area contributed by atoms with Crippen molar-refractivity contribution >= 4 is 17.3 Å². The first kappa shape index (κ1) is 8.19. The van der Waals surface area contributed by atoms with Crippen LogP contribution in [-0.4, -0.2) is 16.2 Å². The van der Waals surface area contributed by atoms with Gasteiger partial charge in [-0.1, -0.05) is 0 Å². The summed E-state index contributed by atoms with van der Waals surface area (Å²) in [6.45, 7) is 0. The van der Waals surface area contributed by atoms with Gasteiger partial charge in [-0.25, -0.2) is 4.79 Å². The molecule has 6 N–H and O–H groups in total. The second-order valence-corrected chi connectivity index (χ2v) is 2.26. The zero-order valence-corrected chi connectivity index (χ0v) is 6.11. The first-order valence-corrected chi connectivity index (χ1v) is 3.14. The van der Waals surface area contributed by atoms with E-state index in [1.165, 1.54) is 12.1 Å². The molecular weight excluding hydrogens is 160 g/mol. The molecule has 0 spiro atoms. The summed E-state index contributed by atoms with van der Waals surface area (Å²) in [5, 5.41) is 17.6. The highest BCUT2D eigenvalue weighted by molar-refractivity contribution is 5.97. The number of phenols is 1. The van der Waals surface area contributed by atoms with Crippen LogP contribution in [0.5, 0.6) is 5.75 Å². The van der Waals surface area contributed by atoms with Crippen molar-refractivity contribution in [3.8, 4) is 5.75 Å². The first-order chi connectivity index (χ1) is 5.54. The minimum absolute atomic E-state index is 0.102. The van der Waals surface area contributed by atoms with Crippen LogP contribution in [0, 0.1) is 0 Å². The van der Waals surface area contributed by atoms with Gasteiger partial charge < -0.3 is 21.7 Å². The standard InChI is InChI=1S/C7H8N2O3/c8-5-3(7(11)12)1-2-4(10)6(5)9/h1-2,10H,8-9H2,(H,11,12). The Morgan fingerprint density at radius 1 is 1.25 bits per heavy atom. The Bertz CT molecular complexity index is 336. The summed E-state index contributed by atoms with van der Waals surface area (Å²) in [5.74, 6) is -1.38. The van der Waals surface area contributed by atoms with Crippen molar-refractivity contribution in [2.75, 3.05) is 11.5 Å². The summed E-state index contributed by atoms with van der Waals surface area (Å²) in [4.78, 5) is 10.5. The molecule has 64 valence electrons. The van der Waals surface area contributed by atoms with E-state index >= 15 is 0 Å². The lowest BCUT2D eigenvalue weighted by Gasteiger charge is -2.05. The predicted molar refractivity (Wildman–Crippen MR) is 43.9 cm³/mol. The fourth-order valence-corrected chi connectivity index (χ4v) is 0.811. The van der Waals surface area contributed by atoms with E-state index in [9.17, 15) is 4.79 Å². The van der Waals surface area contributed by atoms with E-state index in [2.05, 4.69) is 0 Å². The van der Waals surface area contributed by atoms with E-state index in [-0.39, 0.29) is 22.7 Å². The Labute approximate surface area is 68.2 Å². The predicted octanol–water partition coefficient (Wildman–Crippen LogP) is 0.255. The minimum atomic E-state index is -1.17. The molecule has 0 saturated carbocycles. The molecule has 0 saturated heterocycles. The number of nitrogens with two attached hydrogens (primary N) is 2. The van der Waals surface area contributed by atoms with Crippen molar-refractivity contribution in [3.63, 3.8) is 0 Å². The number of nitrogen functional groups attached to an aromatic ring is 2. The summed E-state index contributed by atoms with van der Waals surface area (Å²) in [6.07, 6.45) is 0. The smallest absolute Gasteiger partial charge is 0.337 e. The highest BCUT2D eigenvalue weighted by Gasteiger charge is 2.11. The van der Waals surface area contributed by atoms with Crippen LogP contribution in [0.1, 0.15) is 10.4 Å². The molecule has 0 fully saturated rings.